The van der Waals surface area contributed by atoms with Crippen molar-refractivity contribution < 1.29 is 27.6 Å². The van der Waals surface area contributed by atoms with Crippen LogP contribution < -0.4 is 15.5 Å². The summed E-state index contributed by atoms with van der Waals surface area (Å²) in [6.07, 6.45) is 0.308. The molecule has 2 fully saturated rings. The number of carbonyl (C=O) groups is 3. The topological polar surface area (TPSA) is 117 Å². The van der Waals surface area contributed by atoms with Gasteiger partial charge in [-0.2, -0.15) is 13.2 Å². The van der Waals surface area contributed by atoms with E-state index in [2.05, 4.69) is 25.6 Å². The molecule has 0 unspecified atom stereocenters. The Balaban J connectivity index is 1.17. The maximum Gasteiger partial charge on any atom is 0.416 e. The van der Waals surface area contributed by atoms with E-state index in [0.717, 1.165) is 48.1 Å². The zero-order chi connectivity index (χ0) is 29.1. The number of pyridine rings is 1. The van der Waals surface area contributed by atoms with Crippen LogP contribution >= 0.6 is 23.1 Å². The molecule has 5 heterocycles. The Morgan fingerprint density at radius 3 is 2.61 bits per heavy atom. The smallest absolute Gasteiger partial charge is 0.341 e. The van der Waals surface area contributed by atoms with Crippen molar-refractivity contribution in [2.75, 3.05) is 24.5 Å². The Morgan fingerprint density at radius 1 is 1.17 bits per heavy atom. The van der Waals surface area contributed by atoms with E-state index in [-0.39, 0.29) is 28.6 Å². The number of piperidine rings is 1. The second-order valence-electron chi connectivity index (χ2n) is 9.65. The van der Waals surface area contributed by atoms with Crippen molar-refractivity contribution in [3.05, 3.63) is 63.3 Å². The molecule has 2 saturated heterocycles. The number of nitrogens with one attached hydrogen (secondary N) is 2. The number of imide groups is 1. The SMILES string of the molecule is CC(=O)c1ccc(-c2cc(C(F)(F)F)cc(CNCC3CCN(c4nccc(/C=C5\SC(=O)NC5=O)n4)CC3)n2)s1. The molecule has 41 heavy (non-hydrogen) atoms. The number of thiophene rings is 1. The van der Waals surface area contributed by atoms with Crippen LogP contribution in [0.2, 0.25) is 0 Å². The summed E-state index contributed by atoms with van der Waals surface area (Å²) in [4.78, 5) is 51.4. The molecule has 0 atom stereocenters. The van der Waals surface area contributed by atoms with Gasteiger partial charge in [0.1, 0.15) is 0 Å². The highest BCUT2D eigenvalue weighted by atomic mass is 32.2. The quantitative estimate of drug-likeness (QED) is 0.267. The predicted molar refractivity (Wildman–Crippen MR) is 150 cm³/mol. The lowest BCUT2D eigenvalue weighted by Gasteiger charge is -2.32. The maximum atomic E-state index is 13.6. The van der Waals surface area contributed by atoms with Crippen molar-refractivity contribution >= 4 is 52.1 Å². The Bertz CT molecular complexity index is 1520. The highest BCUT2D eigenvalue weighted by molar-refractivity contribution is 8.18. The molecule has 3 aromatic heterocycles. The highest BCUT2D eigenvalue weighted by Gasteiger charge is 2.32. The molecule has 3 aromatic rings. The van der Waals surface area contributed by atoms with Crippen LogP contribution in [-0.2, 0) is 17.5 Å². The molecule has 0 aliphatic carbocycles. The van der Waals surface area contributed by atoms with Gasteiger partial charge in [-0.05, 0) is 80.4 Å². The van der Waals surface area contributed by atoms with Gasteiger partial charge < -0.3 is 10.2 Å². The average Bonchev–Trinajstić information content (AvgIpc) is 3.55. The summed E-state index contributed by atoms with van der Waals surface area (Å²) in [7, 11) is 0. The summed E-state index contributed by atoms with van der Waals surface area (Å²) < 4.78 is 40.8. The van der Waals surface area contributed by atoms with E-state index in [1.165, 1.54) is 6.92 Å². The number of aromatic nitrogens is 3. The molecule has 0 bridgehead atoms. The Morgan fingerprint density at radius 2 is 1.95 bits per heavy atom. The van der Waals surface area contributed by atoms with Gasteiger partial charge in [0, 0.05) is 25.8 Å². The molecule has 0 aromatic carbocycles. The van der Waals surface area contributed by atoms with Gasteiger partial charge in [-0.1, -0.05) is 0 Å². The van der Waals surface area contributed by atoms with Crippen LogP contribution in [0, 0.1) is 5.92 Å². The standard InChI is InChI=1S/C27H25F3N6O3S2/c1-15(37)21-2-3-22(40-21)20-11-17(27(28,29)30)10-19(33-20)14-31-13-16-5-8-36(9-6-16)25-32-7-4-18(34-25)12-23-24(38)35-26(39)41-23/h2-4,7,10-12,16,31H,5-6,8-9,13-14H2,1H3,(H,35,38,39)/b23-12-. The number of ketones is 1. The number of rotatable bonds is 8. The Labute approximate surface area is 241 Å². The normalized spacial score (nSPS) is 17.4. The van der Waals surface area contributed by atoms with Crippen LogP contribution in [0.5, 0.6) is 0 Å². The first-order valence-corrected chi connectivity index (χ1v) is 14.4. The first-order valence-electron chi connectivity index (χ1n) is 12.8. The van der Waals surface area contributed by atoms with Crippen LogP contribution in [-0.4, -0.2) is 51.5 Å². The molecule has 2 N–H and O–H groups in total. The van der Waals surface area contributed by atoms with Crippen LogP contribution in [0.15, 0.2) is 41.4 Å². The van der Waals surface area contributed by atoms with E-state index in [9.17, 15) is 27.6 Å². The highest BCUT2D eigenvalue weighted by Crippen LogP contribution is 2.34. The lowest BCUT2D eigenvalue weighted by atomic mass is 9.97. The van der Waals surface area contributed by atoms with Gasteiger partial charge in [-0.3, -0.25) is 24.7 Å². The number of thioether (sulfide) groups is 1. The molecule has 214 valence electrons. The zero-order valence-electron chi connectivity index (χ0n) is 21.8. The van der Waals surface area contributed by atoms with E-state index < -0.39 is 22.9 Å². The third kappa shape index (κ3) is 7.18. The zero-order valence-corrected chi connectivity index (χ0v) is 23.5. The number of halogens is 3. The van der Waals surface area contributed by atoms with Crippen LogP contribution in [0.25, 0.3) is 16.6 Å². The van der Waals surface area contributed by atoms with Crippen molar-refractivity contribution in [1.82, 2.24) is 25.6 Å². The van der Waals surface area contributed by atoms with E-state index in [0.29, 0.717) is 46.9 Å². The van der Waals surface area contributed by atoms with Crippen molar-refractivity contribution in [2.24, 2.45) is 5.92 Å². The molecule has 0 radical (unpaired) electrons. The summed E-state index contributed by atoms with van der Waals surface area (Å²) in [5.41, 5.74) is 0.223. The van der Waals surface area contributed by atoms with Crippen LogP contribution in [0.1, 0.15) is 46.4 Å². The summed E-state index contributed by atoms with van der Waals surface area (Å²) in [5, 5.41) is 5.06. The molecule has 9 nitrogen and oxygen atoms in total. The first-order chi connectivity index (χ1) is 19.5. The number of carbonyl (C=O) groups excluding carboxylic acids is 3. The van der Waals surface area contributed by atoms with Gasteiger partial charge in [-0.15, -0.1) is 11.3 Å². The lowest BCUT2D eigenvalue weighted by Crippen LogP contribution is -2.38. The molecule has 2 aliphatic rings. The molecular formula is C27H25F3N6O3S2. The summed E-state index contributed by atoms with van der Waals surface area (Å²) in [6.45, 7) is 3.60. The average molecular weight is 603 g/mol. The largest absolute Gasteiger partial charge is 0.416 e. The van der Waals surface area contributed by atoms with Crippen LogP contribution in [0.3, 0.4) is 0 Å². The molecule has 2 amide bonds. The fraction of sp³-hybridized carbons (Fsp3) is 0.333. The lowest BCUT2D eigenvalue weighted by molar-refractivity contribution is -0.137. The third-order valence-corrected chi connectivity index (χ3v) is 8.65. The van der Waals surface area contributed by atoms with E-state index >= 15 is 0 Å². The fourth-order valence-corrected chi connectivity index (χ4v) is 6.05. The minimum Gasteiger partial charge on any atom is -0.341 e. The number of anilines is 1. The number of alkyl halides is 3. The van der Waals surface area contributed by atoms with Gasteiger partial charge in [0.25, 0.3) is 11.1 Å². The monoisotopic (exact) mass is 602 g/mol. The maximum absolute atomic E-state index is 13.6. The first kappa shape index (κ1) is 28.9. The fourth-order valence-electron chi connectivity index (χ4n) is 4.52. The van der Waals surface area contributed by atoms with Crippen molar-refractivity contribution in [3.63, 3.8) is 0 Å². The second-order valence-corrected chi connectivity index (χ2v) is 11.7. The summed E-state index contributed by atoms with van der Waals surface area (Å²) in [6, 6.07) is 6.96. The van der Waals surface area contributed by atoms with E-state index in [1.54, 1.807) is 30.5 Å². The van der Waals surface area contributed by atoms with Gasteiger partial charge in [0.15, 0.2) is 5.78 Å². The number of Topliss-reactive ketones (excluding diaryl/α,β-unsaturated/α-hetero) is 1. The number of nitrogens with zero attached hydrogens (tertiary/aromatic N) is 4. The van der Waals surface area contributed by atoms with Gasteiger partial charge in [0.05, 0.1) is 37.3 Å². The summed E-state index contributed by atoms with van der Waals surface area (Å²) in [5.74, 6) is 0.246. The number of hydrogen-bond acceptors (Lipinski definition) is 10. The van der Waals surface area contributed by atoms with Gasteiger partial charge in [-0.25, -0.2) is 9.97 Å². The third-order valence-electron chi connectivity index (χ3n) is 6.63. The molecule has 0 saturated carbocycles. The van der Waals surface area contributed by atoms with Crippen molar-refractivity contribution in [1.29, 1.82) is 0 Å². The molecule has 2 aliphatic heterocycles. The van der Waals surface area contributed by atoms with E-state index in [4.69, 9.17) is 0 Å². The van der Waals surface area contributed by atoms with Crippen LogP contribution in [0.4, 0.5) is 23.9 Å². The molecule has 0 spiro atoms. The van der Waals surface area contributed by atoms with Crippen molar-refractivity contribution in [2.45, 2.75) is 32.5 Å². The Hall–Kier alpha value is -3.62. The molecule has 5 rings (SSSR count). The number of amides is 2. The van der Waals surface area contributed by atoms with Gasteiger partial charge >= 0.3 is 6.18 Å². The Kier molecular flexibility index (Phi) is 8.52. The molecular weight excluding hydrogens is 577 g/mol. The molecule has 14 heteroatoms. The van der Waals surface area contributed by atoms with Gasteiger partial charge in [0.2, 0.25) is 5.95 Å². The predicted octanol–water partition coefficient (Wildman–Crippen LogP) is 5.15. The summed E-state index contributed by atoms with van der Waals surface area (Å²) >= 11 is 1.95. The second kappa shape index (κ2) is 12.1. The van der Waals surface area contributed by atoms with E-state index in [1.807, 2.05) is 4.90 Å². The van der Waals surface area contributed by atoms with Crippen molar-refractivity contribution in [3.8, 4) is 10.6 Å². The number of hydrogen-bond donors (Lipinski definition) is 2. The minimum absolute atomic E-state index is 0.146. The minimum atomic E-state index is -4.52.